The first-order chi connectivity index (χ1) is 10.2. The highest BCUT2D eigenvalue weighted by atomic mass is 32.1. The molecule has 2 aromatic rings. The monoisotopic (exact) mass is 305 g/mol. The Balaban J connectivity index is 1.61. The second-order valence-corrected chi connectivity index (χ2v) is 6.16. The molecular formula is C14H19N5OS. The minimum Gasteiger partial charge on any atom is -0.307 e. The van der Waals surface area contributed by atoms with Crippen LogP contribution in [0, 0.1) is 0 Å². The van der Waals surface area contributed by atoms with Gasteiger partial charge in [0.05, 0.1) is 29.1 Å². The van der Waals surface area contributed by atoms with Gasteiger partial charge in [-0.2, -0.15) is 5.10 Å². The summed E-state index contributed by atoms with van der Waals surface area (Å²) in [5, 5.41) is 7.38. The summed E-state index contributed by atoms with van der Waals surface area (Å²) in [7, 11) is 1.86. The number of aryl methyl sites for hydroxylation is 2. The Morgan fingerprint density at radius 2 is 2.24 bits per heavy atom. The van der Waals surface area contributed by atoms with Crippen molar-refractivity contribution in [3.8, 4) is 0 Å². The van der Waals surface area contributed by atoms with Gasteiger partial charge in [-0.1, -0.05) is 6.92 Å². The van der Waals surface area contributed by atoms with Gasteiger partial charge >= 0.3 is 0 Å². The fourth-order valence-corrected chi connectivity index (χ4v) is 3.23. The summed E-state index contributed by atoms with van der Waals surface area (Å²) >= 11 is 1.69. The molecule has 1 aliphatic heterocycles. The third-order valence-corrected chi connectivity index (χ3v) is 4.63. The van der Waals surface area contributed by atoms with Crippen molar-refractivity contribution >= 4 is 22.9 Å². The summed E-state index contributed by atoms with van der Waals surface area (Å²) < 4.78 is 1.72. The zero-order valence-corrected chi connectivity index (χ0v) is 13.1. The summed E-state index contributed by atoms with van der Waals surface area (Å²) in [6, 6.07) is 0. The molecule has 0 aromatic carbocycles. The van der Waals surface area contributed by atoms with Gasteiger partial charge in [-0.05, 0) is 6.42 Å². The number of carbonyl (C=O) groups excluding carboxylic acids is 1. The Hall–Kier alpha value is -1.73. The molecule has 1 fully saturated rings. The highest BCUT2D eigenvalue weighted by Crippen LogP contribution is 2.18. The van der Waals surface area contributed by atoms with Crippen LogP contribution in [0.4, 0.5) is 5.69 Å². The van der Waals surface area contributed by atoms with Crippen molar-refractivity contribution in [3.05, 3.63) is 28.5 Å². The van der Waals surface area contributed by atoms with Crippen molar-refractivity contribution in [1.82, 2.24) is 19.7 Å². The molecule has 0 bridgehead atoms. The molecule has 1 aliphatic rings. The van der Waals surface area contributed by atoms with Crippen LogP contribution in [0.15, 0.2) is 17.8 Å². The lowest BCUT2D eigenvalue weighted by molar-refractivity contribution is -0.121. The topological polar surface area (TPSA) is 54.3 Å². The molecule has 0 spiro atoms. The molecule has 0 unspecified atom stereocenters. The number of piperazine rings is 1. The van der Waals surface area contributed by atoms with E-state index in [4.69, 9.17) is 0 Å². The zero-order valence-electron chi connectivity index (χ0n) is 12.3. The number of hydrogen-bond donors (Lipinski definition) is 0. The maximum absolute atomic E-state index is 12.3. The second kappa shape index (κ2) is 5.95. The molecule has 21 heavy (non-hydrogen) atoms. The van der Waals surface area contributed by atoms with Crippen molar-refractivity contribution in [3.63, 3.8) is 0 Å². The van der Waals surface area contributed by atoms with Crippen molar-refractivity contribution in [1.29, 1.82) is 0 Å². The zero-order chi connectivity index (χ0) is 14.8. The molecule has 1 saturated heterocycles. The van der Waals surface area contributed by atoms with Gasteiger partial charge in [-0.25, -0.2) is 4.98 Å². The molecule has 2 aromatic heterocycles. The van der Waals surface area contributed by atoms with Crippen molar-refractivity contribution < 1.29 is 4.79 Å². The number of thiazole rings is 1. The molecular weight excluding hydrogens is 286 g/mol. The normalized spacial score (nSPS) is 16.7. The van der Waals surface area contributed by atoms with Crippen LogP contribution in [0.3, 0.4) is 0 Å². The van der Waals surface area contributed by atoms with E-state index in [1.54, 1.807) is 22.2 Å². The summed E-state index contributed by atoms with van der Waals surface area (Å²) in [6.07, 6.45) is 4.58. The average molecular weight is 305 g/mol. The van der Waals surface area contributed by atoms with Gasteiger partial charge in [0.1, 0.15) is 0 Å². The van der Waals surface area contributed by atoms with Crippen LogP contribution >= 0.6 is 11.3 Å². The summed E-state index contributed by atoms with van der Waals surface area (Å²) in [4.78, 5) is 20.8. The SMILES string of the molecule is CCc1nc(CN2CCN(c3cnn(C)c3)C(=O)C2)cs1. The quantitative estimate of drug-likeness (QED) is 0.854. The third kappa shape index (κ3) is 3.14. The van der Waals surface area contributed by atoms with Crippen molar-refractivity contribution in [2.24, 2.45) is 7.05 Å². The van der Waals surface area contributed by atoms with Crippen LogP contribution in [-0.2, 0) is 24.8 Å². The van der Waals surface area contributed by atoms with E-state index in [-0.39, 0.29) is 5.91 Å². The van der Waals surface area contributed by atoms with Crippen LogP contribution in [0.1, 0.15) is 17.6 Å². The van der Waals surface area contributed by atoms with E-state index in [9.17, 15) is 4.79 Å². The fraction of sp³-hybridized carbons (Fsp3) is 0.500. The highest BCUT2D eigenvalue weighted by molar-refractivity contribution is 7.09. The number of rotatable bonds is 4. The standard InChI is InChI=1S/C14H19N5OS/c1-3-13-16-11(10-21-13)7-18-4-5-19(14(20)9-18)12-6-15-17(2)8-12/h6,8,10H,3-5,7,9H2,1-2H3. The smallest absolute Gasteiger partial charge is 0.241 e. The Bertz CT molecular complexity index is 635. The van der Waals surface area contributed by atoms with E-state index >= 15 is 0 Å². The third-order valence-electron chi connectivity index (χ3n) is 3.59. The highest BCUT2D eigenvalue weighted by Gasteiger charge is 2.26. The summed E-state index contributed by atoms with van der Waals surface area (Å²) in [5.41, 5.74) is 1.95. The minimum absolute atomic E-state index is 0.125. The minimum atomic E-state index is 0.125. The molecule has 3 rings (SSSR count). The molecule has 0 atom stereocenters. The maximum atomic E-state index is 12.3. The first-order valence-corrected chi connectivity index (χ1v) is 7.98. The lowest BCUT2D eigenvalue weighted by atomic mass is 10.2. The van der Waals surface area contributed by atoms with Gasteiger partial charge in [-0.3, -0.25) is 14.4 Å². The van der Waals surface area contributed by atoms with Gasteiger partial charge < -0.3 is 4.90 Å². The summed E-state index contributed by atoms with van der Waals surface area (Å²) in [5.74, 6) is 0.125. The molecule has 0 saturated carbocycles. The molecule has 0 aliphatic carbocycles. The van der Waals surface area contributed by atoms with E-state index < -0.39 is 0 Å². The van der Waals surface area contributed by atoms with Gasteiger partial charge in [0.2, 0.25) is 5.91 Å². The van der Waals surface area contributed by atoms with E-state index in [2.05, 4.69) is 27.3 Å². The van der Waals surface area contributed by atoms with Gasteiger partial charge in [0, 0.05) is 38.3 Å². The first kappa shape index (κ1) is 14.2. The van der Waals surface area contributed by atoms with Crippen LogP contribution in [0.5, 0.6) is 0 Å². The van der Waals surface area contributed by atoms with Crippen molar-refractivity contribution in [2.75, 3.05) is 24.5 Å². The fourth-order valence-electron chi connectivity index (χ4n) is 2.49. The summed E-state index contributed by atoms with van der Waals surface area (Å²) in [6.45, 7) is 4.87. The second-order valence-electron chi connectivity index (χ2n) is 5.21. The Labute approximate surface area is 128 Å². The van der Waals surface area contributed by atoms with Crippen LogP contribution in [-0.4, -0.2) is 45.2 Å². The van der Waals surface area contributed by atoms with E-state index in [0.29, 0.717) is 13.1 Å². The Kier molecular flexibility index (Phi) is 4.03. The molecule has 1 amide bonds. The number of aromatic nitrogens is 3. The first-order valence-electron chi connectivity index (χ1n) is 7.10. The van der Waals surface area contributed by atoms with E-state index in [1.165, 1.54) is 0 Å². The Morgan fingerprint density at radius 3 is 2.86 bits per heavy atom. The van der Waals surface area contributed by atoms with Crippen LogP contribution in [0.2, 0.25) is 0 Å². The molecule has 7 heteroatoms. The lowest BCUT2D eigenvalue weighted by Crippen LogP contribution is -2.50. The van der Waals surface area contributed by atoms with Gasteiger partial charge in [0.15, 0.2) is 0 Å². The lowest BCUT2D eigenvalue weighted by Gasteiger charge is -2.33. The average Bonchev–Trinajstić information content (AvgIpc) is 3.08. The molecule has 3 heterocycles. The molecule has 0 N–H and O–H groups in total. The predicted molar refractivity (Wildman–Crippen MR) is 82.3 cm³/mol. The Morgan fingerprint density at radius 1 is 1.38 bits per heavy atom. The van der Waals surface area contributed by atoms with Gasteiger partial charge in [-0.15, -0.1) is 11.3 Å². The predicted octanol–water partition coefficient (Wildman–Crippen LogP) is 1.29. The molecule has 6 nitrogen and oxygen atoms in total. The number of carbonyl (C=O) groups is 1. The number of hydrogen-bond acceptors (Lipinski definition) is 5. The largest absolute Gasteiger partial charge is 0.307 e. The van der Waals surface area contributed by atoms with Crippen LogP contribution in [0.25, 0.3) is 0 Å². The number of nitrogens with zero attached hydrogens (tertiary/aromatic N) is 5. The van der Waals surface area contributed by atoms with E-state index in [0.717, 1.165) is 35.9 Å². The molecule has 112 valence electrons. The van der Waals surface area contributed by atoms with Crippen molar-refractivity contribution in [2.45, 2.75) is 19.9 Å². The number of amides is 1. The maximum Gasteiger partial charge on any atom is 0.241 e. The van der Waals surface area contributed by atoms with E-state index in [1.807, 2.05) is 18.1 Å². The molecule has 0 radical (unpaired) electrons. The van der Waals surface area contributed by atoms with Crippen LogP contribution < -0.4 is 4.90 Å². The van der Waals surface area contributed by atoms with Gasteiger partial charge in [0.25, 0.3) is 0 Å². The number of anilines is 1.